The van der Waals surface area contributed by atoms with E-state index in [9.17, 15) is 15.2 Å². The molecule has 5 aromatic rings. The second-order valence-electron chi connectivity index (χ2n) is 10.1. The lowest BCUT2D eigenvalue weighted by Gasteiger charge is -2.27. The summed E-state index contributed by atoms with van der Waals surface area (Å²) in [6.07, 6.45) is 6.88. The molecule has 40 heavy (non-hydrogen) atoms. The van der Waals surface area contributed by atoms with E-state index in [0.717, 1.165) is 36.3 Å². The fourth-order valence-electron chi connectivity index (χ4n) is 5.66. The maximum Gasteiger partial charge on any atom is 0.270 e. The van der Waals surface area contributed by atoms with E-state index in [1.807, 2.05) is 36.4 Å². The molecular formula is C31H30N6O3. The number of hydrogen-bond acceptors (Lipinski definition) is 6. The molecule has 3 heterocycles. The number of aromatic hydroxyl groups is 1. The number of hydrogen-bond donors (Lipinski definition) is 3. The lowest BCUT2D eigenvalue weighted by Crippen LogP contribution is -2.25. The molecule has 1 unspecified atom stereocenters. The van der Waals surface area contributed by atoms with Gasteiger partial charge in [-0.3, -0.25) is 15.0 Å². The van der Waals surface area contributed by atoms with Crippen molar-refractivity contribution in [1.82, 2.24) is 19.9 Å². The van der Waals surface area contributed by atoms with Crippen LogP contribution >= 0.6 is 0 Å². The standard InChI is InChI=1S/C31H30N6O3/c1-2-28(36-15-3-4-16-36)21-5-7-22(8-6-21)30(34-23-11-9-20(10-12-23)27-18-32-19-33-27)29-25-17-24(37(39)40)13-14-26(25)35-31(29)38/h5-14,17-19,28,35,38H,2-4,15-16H2,1H3,(H,32,33). The summed E-state index contributed by atoms with van der Waals surface area (Å²) < 4.78 is 0. The molecule has 1 saturated heterocycles. The number of imidazole rings is 1. The molecule has 1 atom stereocenters. The monoisotopic (exact) mass is 534 g/mol. The van der Waals surface area contributed by atoms with Gasteiger partial charge in [-0.15, -0.1) is 0 Å². The quantitative estimate of drug-likeness (QED) is 0.114. The van der Waals surface area contributed by atoms with Crippen LogP contribution in [0.25, 0.3) is 22.2 Å². The van der Waals surface area contributed by atoms with Gasteiger partial charge in [-0.25, -0.2) is 9.98 Å². The zero-order chi connectivity index (χ0) is 27.6. The van der Waals surface area contributed by atoms with Crippen molar-refractivity contribution in [3.05, 3.63) is 106 Å². The first-order valence-electron chi connectivity index (χ1n) is 13.5. The third-order valence-electron chi connectivity index (χ3n) is 7.66. The predicted molar refractivity (Wildman–Crippen MR) is 156 cm³/mol. The van der Waals surface area contributed by atoms with Gasteiger partial charge in [0.15, 0.2) is 5.88 Å². The minimum absolute atomic E-state index is 0.0530. The van der Waals surface area contributed by atoms with E-state index in [-0.39, 0.29) is 11.6 Å². The summed E-state index contributed by atoms with van der Waals surface area (Å²) in [6, 6.07) is 20.9. The Balaban J connectivity index is 1.46. The average Bonchev–Trinajstić information content (AvgIpc) is 3.75. The van der Waals surface area contributed by atoms with E-state index >= 15 is 0 Å². The van der Waals surface area contributed by atoms with Crippen LogP contribution in [0.5, 0.6) is 5.88 Å². The van der Waals surface area contributed by atoms with Crippen LogP contribution in [0.3, 0.4) is 0 Å². The molecular weight excluding hydrogens is 504 g/mol. The van der Waals surface area contributed by atoms with Gasteiger partial charge in [0.1, 0.15) is 0 Å². The highest BCUT2D eigenvalue weighted by Gasteiger charge is 2.24. The molecule has 0 bridgehead atoms. The lowest BCUT2D eigenvalue weighted by molar-refractivity contribution is -0.384. The number of nitro benzene ring substituents is 1. The highest BCUT2D eigenvalue weighted by Crippen LogP contribution is 2.35. The number of rotatable bonds is 8. The summed E-state index contributed by atoms with van der Waals surface area (Å²) in [5.41, 5.74) is 6.10. The first-order valence-corrected chi connectivity index (χ1v) is 13.5. The van der Waals surface area contributed by atoms with Crippen molar-refractivity contribution in [1.29, 1.82) is 0 Å². The van der Waals surface area contributed by atoms with Crippen molar-refractivity contribution in [2.45, 2.75) is 32.2 Å². The topological polar surface area (TPSA) is 123 Å². The fourth-order valence-corrected chi connectivity index (χ4v) is 5.66. The summed E-state index contributed by atoms with van der Waals surface area (Å²) >= 11 is 0. The van der Waals surface area contributed by atoms with Gasteiger partial charge in [-0.05, 0) is 61.7 Å². The number of aromatic nitrogens is 3. The molecule has 3 N–H and O–H groups in total. The highest BCUT2D eigenvalue weighted by molar-refractivity contribution is 6.22. The zero-order valence-corrected chi connectivity index (χ0v) is 22.2. The van der Waals surface area contributed by atoms with Crippen LogP contribution in [0, 0.1) is 10.1 Å². The number of H-pyrrole nitrogens is 2. The average molecular weight is 535 g/mol. The van der Waals surface area contributed by atoms with Crippen molar-refractivity contribution < 1.29 is 10.0 Å². The van der Waals surface area contributed by atoms with Crippen LogP contribution in [0.1, 0.15) is 48.9 Å². The maximum absolute atomic E-state index is 11.6. The molecule has 202 valence electrons. The Kier molecular flexibility index (Phi) is 6.88. The second kappa shape index (κ2) is 10.8. The Morgan fingerprint density at radius 1 is 1.10 bits per heavy atom. The molecule has 9 nitrogen and oxygen atoms in total. The number of non-ortho nitro benzene ring substituents is 1. The summed E-state index contributed by atoms with van der Waals surface area (Å²) in [4.78, 5) is 28.8. The summed E-state index contributed by atoms with van der Waals surface area (Å²) in [5, 5.41) is 23.1. The third-order valence-corrected chi connectivity index (χ3v) is 7.66. The van der Waals surface area contributed by atoms with Crippen LogP contribution in [0.4, 0.5) is 11.4 Å². The molecule has 0 radical (unpaired) electrons. The Labute approximate surface area is 231 Å². The highest BCUT2D eigenvalue weighted by atomic mass is 16.6. The molecule has 0 aliphatic carbocycles. The van der Waals surface area contributed by atoms with Crippen LogP contribution in [0.15, 0.2) is 84.2 Å². The smallest absolute Gasteiger partial charge is 0.270 e. The van der Waals surface area contributed by atoms with Gasteiger partial charge >= 0.3 is 0 Å². The number of nitrogens with one attached hydrogen (secondary N) is 2. The Bertz CT molecular complexity index is 1670. The minimum Gasteiger partial charge on any atom is -0.494 e. The van der Waals surface area contributed by atoms with Gasteiger partial charge in [0.05, 0.1) is 40.1 Å². The maximum atomic E-state index is 11.6. The van der Waals surface area contributed by atoms with E-state index < -0.39 is 4.92 Å². The second-order valence-corrected chi connectivity index (χ2v) is 10.1. The van der Waals surface area contributed by atoms with Gasteiger partial charge in [-0.2, -0.15) is 0 Å². The number of benzene rings is 3. The number of likely N-dealkylation sites (tertiary alicyclic amines) is 1. The molecule has 9 heteroatoms. The van der Waals surface area contributed by atoms with Gasteiger partial charge in [0.2, 0.25) is 0 Å². The van der Waals surface area contributed by atoms with Gasteiger partial charge < -0.3 is 15.1 Å². The minimum atomic E-state index is -0.434. The molecule has 3 aromatic carbocycles. The first-order chi connectivity index (χ1) is 19.5. The van der Waals surface area contributed by atoms with Gasteiger partial charge in [-0.1, -0.05) is 43.3 Å². The van der Waals surface area contributed by atoms with E-state index in [4.69, 9.17) is 4.99 Å². The van der Waals surface area contributed by atoms with Crippen molar-refractivity contribution in [2.75, 3.05) is 13.1 Å². The van der Waals surface area contributed by atoms with Gasteiger partial charge in [0.25, 0.3) is 5.69 Å². The molecule has 1 aliphatic heterocycles. The van der Waals surface area contributed by atoms with Crippen molar-refractivity contribution in [2.24, 2.45) is 4.99 Å². The van der Waals surface area contributed by atoms with E-state index in [1.54, 1.807) is 18.6 Å². The number of nitro groups is 1. The summed E-state index contributed by atoms with van der Waals surface area (Å²) in [5.74, 6) is -0.0871. The van der Waals surface area contributed by atoms with Crippen molar-refractivity contribution in [3.8, 4) is 17.1 Å². The third kappa shape index (κ3) is 4.87. The van der Waals surface area contributed by atoms with E-state index in [1.165, 1.54) is 30.5 Å². The van der Waals surface area contributed by atoms with E-state index in [2.05, 4.69) is 38.9 Å². The summed E-state index contributed by atoms with van der Waals surface area (Å²) in [7, 11) is 0. The molecule has 1 fully saturated rings. The number of fused-ring (bicyclic) bond motifs is 1. The Hall–Kier alpha value is -4.76. The summed E-state index contributed by atoms with van der Waals surface area (Å²) in [6.45, 7) is 4.45. The largest absolute Gasteiger partial charge is 0.494 e. The number of aromatic amines is 2. The zero-order valence-electron chi connectivity index (χ0n) is 22.2. The van der Waals surface area contributed by atoms with Crippen LogP contribution < -0.4 is 0 Å². The molecule has 2 aromatic heterocycles. The lowest BCUT2D eigenvalue weighted by atomic mass is 9.96. The van der Waals surface area contributed by atoms with Crippen molar-refractivity contribution in [3.63, 3.8) is 0 Å². The van der Waals surface area contributed by atoms with Crippen LogP contribution in [0.2, 0.25) is 0 Å². The normalized spacial score (nSPS) is 15.1. The molecule has 0 spiro atoms. The van der Waals surface area contributed by atoms with Crippen LogP contribution in [-0.2, 0) is 0 Å². The Morgan fingerprint density at radius 2 is 1.85 bits per heavy atom. The SMILES string of the molecule is CCC(c1ccc(C(=Nc2ccc(-c3cnc[nH]3)cc2)c2c(O)[nH]c3ccc([N+](=O)[O-])cc23)cc1)N1CCCC1. The Morgan fingerprint density at radius 3 is 2.50 bits per heavy atom. The fraction of sp³-hybridized carbons (Fsp3) is 0.226. The molecule has 6 rings (SSSR count). The number of nitrogens with zero attached hydrogens (tertiary/aromatic N) is 4. The van der Waals surface area contributed by atoms with E-state index in [0.29, 0.717) is 33.9 Å². The van der Waals surface area contributed by atoms with Crippen molar-refractivity contribution >= 4 is 28.0 Å². The predicted octanol–water partition coefficient (Wildman–Crippen LogP) is 6.89. The molecule has 0 saturated carbocycles. The molecule has 0 amide bonds. The molecule has 1 aliphatic rings. The van der Waals surface area contributed by atoms with Gasteiger partial charge in [0, 0.05) is 34.6 Å². The van der Waals surface area contributed by atoms with Crippen LogP contribution in [-0.4, -0.2) is 48.7 Å². The first kappa shape index (κ1) is 25.5. The number of aliphatic imine (C=N–C) groups is 1.